The van der Waals surface area contributed by atoms with Gasteiger partial charge in [-0.25, -0.2) is 4.99 Å². The first-order chi connectivity index (χ1) is 12.5. The van der Waals surface area contributed by atoms with Crippen LogP contribution in [0.4, 0.5) is 0 Å². The molecule has 0 aliphatic carbocycles. The fourth-order valence-corrected chi connectivity index (χ4v) is 2.55. The van der Waals surface area contributed by atoms with Crippen molar-refractivity contribution in [2.45, 2.75) is 19.3 Å². The molecule has 0 aromatic heterocycles. The third-order valence-electron chi connectivity index (χ3n) is 4.02. The molecule has 0 aliphatic heterocycles. The molecule has 0 spiro atoms. The molecule has 6 nitrogen and oxygen atoms in total. The maximum absolute atomic E-state index is 11.7. The summed E-state index contributed by atoms with van der Waals surface area (Å²) in [6.45, 7) is 3.96. The Morgan fingerprint density at radius 3 is 2.46 bits per heavy atom. The van der Waals surface area contributed by atoms with Crippen LogP contribution in [0, 0.1) is 0 Å². The van der Waals surface area contributed by atoms with E-state index in [1.807, 2.05) is 12.1 Å². The molecular weight excluding hydrogens is 348 g/mol. The van der Waals surface area contributed by atoms with Crippen molar-refractivity contribution < 1.29 is 9.53 Å². The highest BCUT2D eigenvalue weighted by molar-refractivity contribution is 7.98. The minimum Gasteiger partial charge on any atom is -0.497 e. The summed E-state index contributed by atoms with van der Waals surface area (Å²) in [5.74, 6) is 2.96. The van der Waals surface area contributed by atoms with Gasteiger partial charge in [0.05, 0.1) is 7.11 Å². The maximum Gasteiger partial charge on any atom is 0.243 e. The average molecular weight is 381 g/mol. The van der Waals surface area contributed by atoms with Crippen LogP contribution in [0.3, 0.4) is 0 Å². The number of guanidine groups is 1. The van der Waals surface area contributed by atoms with E-state index < -0.39 is 0 Å². The zero-order chi connectivity index (χ0) is 19.4. The second-order valence-corrected chi connectivity index (χ2v) is 7.25. The molecule has 1 aromatic carbocycles. The van der Waals surface area contributed by atoms with Gasteiger partial charge < -0.3 is 20.3 Å². The van der Waals surface area contributed by atoms with E-state index in [1.165, 1.54) is 5.56 Å². The number of likely N-dealkylation sites (N-methyl/N-ethyl adjacent to an activating group) is 1. The molecule has 1 aromatic rings. The fraction of sp³-hybridized carbons (Fsp3) is 0.579. The number of amides is 1. The SMILES string of the molecule is COc1ccc(C(C)CCNC(=NCC(=O)N(C)C)NCCSC)cc1. The van der Waals surface area contributed by atoms with Gasteiger partial charge in [0.2, 0.25) is 5.91 Å². The van der Waals surface area contributed by atoms with Gasteiger partial charge in [0.25, 0.3) is 0 Å². The molecular formula is C19H32N4O2S. The Hall–Kier alpha value is -1.89. The summed E-state index contributed by atoms with van der Waals surface area (Å²) in [5.41, 5.74) is 1.28. The predicted octanol–water partition coefficient (Wildman–Crippen LogP) is 2.18. The van der Waals surface area contributed by atoms with Gasteiger partial charge in [-0.15, -0.1) is 0 Å². The third kappa shape index (κ3) is 8.47. The van der Waals surface area contributed by atoms with Crippen molar-refractivity contribution in [3.8, 4) is 5.75 Å². The van der Waals surface area contributed by atoms with Crippen LogP contribution in [-0.2, 0) is 4.79 Å². The van der Waals surface area contributed by atoms with Gasteiger partial charge in [0.1, 0.15) is 12.3 Å². The highest BCUT2D eigenvalue weighted by Crippen LogP contribution is 2.21. The number of nitrogens with zero attached hydrogens (tertiary/aromatic N) is 2. The second kappa shape index (κ2) is 12.5. The first-order valence-corrected chi connectivity index (χ1v) is 10.2. The van der Waals surface area contributed by atoms with Gasteiger partial charge in [0, 0.05) is 32.9 Å². The average Bonchev–Trinajstić information content (AvgIpc) is 2.65. The molecule has 2 N–H and O–H groups in total. The summed E-state index contributed by atoms with van der Waals surface area (Å²) in [7, 11) is 5.15. The van der Waals surface area contributed by atoms with E-state index >= 15 is 0 Å². The lowest BCUT2D eigenvalue weighted by molar-refractivity contribution is -0.127. The van der Waals surface area contributed by atoms with E-state index in [1.54, 1.807) is 37.9 Å². The van der Waals surface area contributed by atoms with Crippen LogP contribution in [0.2, 0.25) is 0 Å². The fourth-order valence-electron chi connectivity index (χ4n) is 2.24. The van der Waals surface area contributed by atoms with Crippen LogP contribution in [-0.4, -0.2) is 69.6 Å². The first kappa shape index (κ1) is 22.2. The lowest BCUT2D eigenvalue weighted by Gasteiger charge is -2.16. The molecule has 1 rings (SSSR count). The summed E-state index contributed by atoms with van der Waals surface area (Å²) in [6.07, 6.45) is 3.04. The summed E-state index contributed by atoms with van der Waals surface area (Å²) in [4.78, 5) is 17.7. The van der Waals surface area contributed by atoms with E-state index in [4.69, 9.17) is 4.74 Å². The zero-order valence-electron chi connectivity index (χ0n) is 16.5. The summed E-state index contributed by atoms with van der Waals surface area (Å²) >= 11 is 1.77. The number of thioether (sulfide) groups is 1. The van der Waals surface area contributed by atoms with Crippen LogP contribution in [0.1, 0.15) is 24.8 Å². The molecule has 26 heavy (non-hydrogen) atoms. The minimum absolute atomic E-state index is 0.0115. The number of carbonyl (C=O) groups is 1. The summed E-state index contributed by atoms with van der Waals surface area (Å²) in [5, 5.41) is 6.60. The van der Waals surface area contributed by atoms with Crippen LogP contribution < -0.4 is 15.4 Å². The summed E-state index contributed by atoms with van der Waals surface area (Å²) in [6, 6.07) is 8.18. The van der Waals surface area contributed by atoms with Crippen molar-refractivity contribution in [1.29, 1.82) is 0 Å². The molecule has 7 heteroatoms. The minimum atomic E-state index is -0.0115. The quantitative estimate of drug-likeness (QED) is 0.370. The van der Waals surface area contributed by atoms with Crippen LogP contribution >= 0.6 is 11.8 Å². The third-order valence-corrected chi connectivity index (χ3v) is 4.64. The molecule has 0 saturated carbocycles. The van der Waals surface area contributed by atoms with Crippen LogP contribution in [0.5, 0.6) is 5.75 Å². The van der Waals surface area contributed by atoms with E-state index in [2.05, 4.69) is 40.9 Å². The predicted molar refractivity (Wildman–Crippen MR) is 111 cm³/mol. The number of carbonyl (C=O) groups excluding carboxylic acids is 1. The van der Waals surface area contributed by atoms with Crippen molar-refractivity contribution in [3.63, 3.8) is 0 Å². The smallest absolute Gasteiger partial charge is 0.243 e. The molecule has 1 atom stereocenters. The number of aliphatic imine (C=N–C) groups is 1. The Morgan fingerprint density at radius 2 is 1.88 bits per heavy atom. The molecule has 0 aliphatic rings. The van der Waals surface area contributed by atoms with Crippen molar-refractivity contribution in [1.82, 2.24) is 15.5 Å². The van der Waals surface area contributed by atoms with Gasteiger partial charge >= 0.3 is 0 Å². The number of hydrogen-bond donors (Lipinski definition) is 2. The normalized spacial score (nSPS) is 12.4. The van der Waals surface area contributed by atoms with E-state index in [9.17, 15) is 4.79 Å². The Kier molecular flexibility index (Phi) is 10.6. The van der Waals surface area contributed by atoms with Gasteiger partial charge in [0.15, 0.2) is 5.96 Å². The van der Waals surface area contributed by atoms with E-state index in [0.717, 1.165) is 31.0 Å². The first-order valence-electron chi connectivity index (χ1n) is 8.83. The monoisotopic (exact) mass is 380 g/mol. The number of benzene rings is 1. The number of nitrogens with one attached hydrogen (secondary N) is 2. The molecule has 0 fully saturated rings. The molecule has 0 bridgehead atoms. The standard InChI is InChI=1S/C19H32N4O2S/c1-15(16-6-8-17(25-4)9-7-16)10-11-20-19(21-12-13-26-5)22-14-18(24)23(2)3/h6-9,15H,10-14H2,1-5H3,(H2,20,21,22). The van der Waals surface area contributed by atoms with Crippen molar-refractivity contribution >= 4 is 23.6 Å². The van der Waals surface area contributed by atoms with Crippen molar-refractivity contribution in [2.75, 3.05) is 52.8 Å². The Balaban J connectivity index is 2.52. The Bertz CT molecular complexity index is 561. The number of rotatable bonds is 10. The zero-order valence-corrected chi connectivity index (χ0v) is 17.4. The van der Waals surface area contributed by atoms with Gasteiger partial charge in [-0.3, -0.25) is 4.79 Å². The maximum atomic E-state index is 11.7. The number of methoxy groups -OCH3 is 1. The van der Waals surface area contributed by atoms with E-state index in [-0.39, 0.29) is 12.5 Å². The molecule has 0 saturated heterocycles. The van der Waals surface area contributed by atoms with Gasteiger partial charge in [-0.1, -0.05) is 19.1 Å². The molecule has 146 valence electrons. The molecule has 0 radical (unpaired) electrons. The van der Waals surface area contributed by atoms with Gasteiger partial charge in [-0.05, 0) is 36.3 Å². The lowest BCUT2D eigenvalue weighted by Crippen LogP contribution is -2.40. The lowest BCUT2D eigenvalue weighted by atomic mass is 9.98. The van der Waals surface area contributed by atoms with Crippen molar-refractivity contribution in [3.05, 3.63) is 29.8 Å². The highest BCUT2D eigenvalue weighted by Gasteiger charge is 2.08. The van der Waals surface area contributed by atoms with Crippen LogP contribution in [0.15, 0.2) is 29.3 Å². The number of ether oxygens (including phenoxy) is 1. The molecule has 0 heterocycles. The topological polar surface area (TPSA) is 66.0 Å². The Morgan fingerprint density at radius 1 is 1.23 bits per heavy atom. The highest BCUT2D eigenvalue weighted by atomic mass is 32.2. The second-order valence-electron chi connectivity index (χ2n) is 6.26. The van der Waals surface area contributed by atoms with E-state index in [0.29, 0.717) is 11.9 Å². The van der Waals surface area contributed by atoms with Crippen molar-refractivity contribution in [2.24, 2.45) is 4.99 Å². The Labute approximate surface area is 161 Å². The molecule has 1 unspecified atom stereocenters. The number of hydrogen-bond acceptors (Lipinski definition) is 4. The largest absolute Gasteiger partial charge is 0.497 e. The molecule has 1 amide bonds. The van der Waals surface area contributed by atoms with Crippen LogP contribution in [0.25, 0.3) is 0 Å². The summed E-state index contributed by atoms with van der Waals surface area (Å²) < 4.78 is 5.20. The van der Waals surface area contributed by atoms with Gasteiger partial charge in [-0.2, -0.15) is 11.8 Å².